The van der Waals surface area contributed by atoms with Crippen molar-refractivity contribution in [1.29, 1.82) is 0 Å². The summed E-state index contributed by atoms with van der Waals surface area (Å²) in [6.07, 6.45) is 4.31. The van der Waals surface area contributed by atoms with E-state index in [0.29, 0.717) is 5.92 Å². The van der Waals surface area contributed by atoms with Gasteiger partial charge in [0.25, 0.3) is 0 Å². The fourth-order valence-corrected chi connectivity index (χ4v) is 2.24. The lowest BCUT2D eigenvalue weighted by atomic mass is 9.83. The molecule has 1 rings (SSSR count). The van der Waals surface area contributed by atoms with Crippen LogP contribution in [-0.2, 0) is 6.42 Å². The van der Waals surface area contributed by atoms with Gasteiger partial charge in [-0.3, -0.25) is 0 Å². The van der Waals surface area contributed by atoms with Gasteiger partial charge in [-0.05, 0) is 36.4 Å². The van der Waals surface area contributed by atoms with Crippen LogP contribution in [0.2, 0.25) is 0 Å². The number of hydrogen-bond acceptors (Lipinski definition) is 1. The van der Waals surface area contributed by atoms with E-state index in [1.807, 2.05) is 0 Å². The van der Waals surface area contributed by atoms with Crippen LogP contribution in [0.3, 0.4) is 0 Å². The molecule has 0 radical (unpaired) electrons. The molecule has 0 aliphatic heterocycles. The molecule has 0 aliphatic carbocycles. The van der Waals surface area contributed by atoms with Crippen LogP contribution in [0.1, 0.15) is 51.2 Å². The lowest BCUT2D eigenvalue weighted by Gasteiger charge is -2.26. The number of benzene rings is 1. The van der Waals surface area contributed by atoms with Gasteiger partial charge in [0.2, 0.25) is 0 Å². The van der Waals surface area contributed by atoms with Gasteiger partial charge < -0.3 is 5.32 Å². The van der Waals surface area contributed by atoms with E-state index < -0.39 is 0 Å². The van der Waals surface area contributed by atoms with Crippen LogP contribution in [-0.4, -0.2) is 13.1 Å². The molecule has 0 aromatic heterocycles. The van der Waals surface area contributed by atoms with Crippen LogP contribution in [0.25, 0.3) is 0 Å². The van der Waals surface area contributed by atoms with E-state index in [-0.39, 0.29) is 5.41 Å². The van der Waals surface area contributed by atoms with Gasteiger partial charge in [-0.1, -0.05) is 58.0 Å². The molecule has 0 heterocycles. The monoisotopic (exact) mass is 259 g/mol. The first-order chi connectivity index (χ1) is 9.00. The highest BCUT2D eigenvalue weighted by atomic mass is 14.9. The predicted molar refractivity (Wildman–Crippen MR) is 85.7 cm³/mol. The maximum Gasteiger partial charge on any atom is 0.00430 e. The van der Waals surface area contributed by atoms with Gasteiger partial charge in [-0.25, -0.2) is 0 Å². The largest absolute Gasteiger partial charge is 0.316 e. The third-order valence-corrected chi connectivity index (χ3v) is 3.70. The van der Waals surface area contributed by atoms with Crippen molar-refractivity contribution in [2.75, 3.05) is 13.1 Å². The lowest BCUT2D eigenvalue weighted by molar-refractivity contribution is 0.391. The maximum atomic E-state index is 4.01. The standard InChI is InChI=1S/C18H29N/c1-6-12-19-14-18(5,7-2)13-16-8-10-17(11-9-16)15(3)4/h7-11,15,19H,2,6,12-14H2,1,3-5H3. The quantitative estimate of drug-likeness (QED) is 0.533. The topological polar surface area (TPSA) is 12.0 Å². The molecule has 0 spiro atoms. The van der Waals surface area contributed by atoms with E-state index in [9.17, 15) is 0 Å². The molecule has 0 amide bonds. The van der Waals surface area contributed by atoms with Crippen molar-refractivity contribution in [3.8, 4) is 0 Å². The maximum absolute atomic E-state index is 4.01. The normalized spacial score (nSPS) is 14.4. The second-order valence-corrected chi connectivity index (χ2v) is 6.11. The average Bonchev–Trinajstić information content (AvgIpc) is 2.39. The van der Waals surface area contributed by atoms with Crippen LogP contribution in [0.4, 0.5) is 0 Å². The second-order valence-electron chi connectivity index (χ2n) is 6.11. The molecule has 1 aromatic carbocycles. The summed E-state index contributed by atoms with van der Waals surface area (Å²) in [6.45, 7) is 15.0. The first-order valence-electron chi connectivity index (χ1n) is 7.44. The Kier molecular flexibility index (Phi) is 6.30. The van der Waals surface area contributed by atoms with E-state index in [1.165, 1.54) is 17.5 Å². The Bertz CT molecular complexity index is 377. The minimum atomic E-state index is 0.133. The van der Waals surface area contributed by atoms with Gasteiger partial charge in [0, 0.05) is 12.0 Å². The molecule has 1 nitrogen and oxygen atoms in total. The third kappa shape index (κ3) is 5.20. The molecule has 1 heteroatoms. The lowest BCUT2D eigenvalue weighted by Crippen LogP contribution is -2.32. The van der Waals surface area contributed by atoms with Crippen molar-refractivity contribution < 1.29 is 0 Å². The number of nitrogens with one attached hydrogen (secondary N) is 1. The third-order valence-electron chi connectivity index (χ3n) is 3.70. The molecule has 0 saturated heterocycles. The van der Waals surface area contributed by atoms with Gasteiger partial charge in [0.1, 0.15) is 0 Å². The van der Waals surface area contributed by atoms with Gasteiger partial charge >= 0.3 is 0 Å². The summed E-state index contributed by atoms with van der Waals surface area (Å²) in [6, 6.07) is 9.03. The molecule has 1 aromatic rings. The van der Waals surface area contributed by atoms with Crippen LogP contribution in [0, 0.1) is 5.41 Å². The zero-order chi connectivity index (χ0) is 14.3. The fraction of sp³-hybridized carbons (Fsp3) is 0.556. The van der Waals surface area contributed by atoms with E-state index >= 15 is 0 Å². The molecule has 1 atom stereocenters. The molecule has 0 saturated carbocycles. The zero-order valence-corrected chi connectivity index (χ0v) is 13.0. The van der Waals surface area contributed by atoms with Crippen molar-refractivity contribution in [2.45, 2.75) is 46.5 Å². The molecule has 1 N–H and O–H groups in total. The average molecular weight is 259 g/mol. The molecule has 19 heavy (non-hydrogen) atoms. The van der Waals surface area contributed by atoms with E-state index in [2.05, 4.69) is 69.9 Å². The Morgan fingerprint density at radius 3 is 2.37 bits per heavy atom. The molecule has 0 bridgehead atoms. The molecular weight excluding hydrogens is 230 g/mol. The zero-order valence-electron chi connectivity index (χ0n) is 13.0. The van der Waals surface area contributed by atoms with Crippen molar-refractivity contribution >= 4 is 0 Å². The number of rotatable bonds is 8. The van der Waals surface area contributed by atoms with Gasteiger partial charge in [-0.15, -0.1) is 6.58 Å². The van der Waals surface area contributed by atoms with E-state index in [1.54, 1.807) is 0 Å². The molecule has 0 aliphatic rings. The van der Waals surface area contributed by atoms with Crippen LogP contribution < -0.4 is 5.32 Å². The Labute approximate surface area is 119 Å². The summed E-state index contributed by atoms with van der Waals surface area (Å²) in [7, 11) is 0. The van der Waals surface area contributed by atoms with Crippen molar-refractivity contribution in [3.63, 3.8) is 0 Å². The Balaban J connectivity index is 2.66. The predicted octanol–water partition coefficient (Wildman–Crippen LogP) is 4.54. The Morgan fingerprint density at radius 2 is 1.89 bits per heavy atom. The summed E-state index contributed by atoms with van der Waals surface area (Å²) in [4.78, 5) is 0. The second kappa shape index (κ2) is 7.49. The minimum Gasteiger partial charge on any atom is -0.316 e. The highest BCUT2D eigenvalue weighted by Gasteiger charge is 2.20. The number of hydrogen-bond donors (Lipinski definition) is 1. The summed E-state index contributed by atoms with van der Waals surface area (Å²) in [5.74, 6) is 0.603. The molecule has 0 fully saturated rings. The summed E-state index contributed by atoms with van der Waals surface area (Å²) < 4.78 is 0. The van der Waals surface area contributed by atoms with Crippen LogP contribution in [0.5, 0.6) is 0 Å². The van der Waals surface area contributed by atoms with Gasteiger partial charge in [-0.2, -0.15) is 0 Å². The highest BCUT2D eigenvalue weighted by molar-refractivity contribution is 5.26. The Hall–Kier alpha value is -1.08. The summed E-state index contributed by atoms with van der Waals surface area (Å²) in [5.41, 5.74) is 2.94. The Morgan fingerprint density at radius 1 is 1.26 bits per heavy atom. The van der Waals surface area contributed by atoms with Crippen molar-refractivity contribution in [3.05, 3.63) is 48.0 Å². The summed E-state index contributed by atoms with van der Waals surface area (Å²) in [5, 5.41) is 3.51. The SMILES string of the molecule is C=CC(C)(CNCCC)Cc1ccc(C(C)C)cc1. The smallest absolute Gasteiger partial charge is 0.00430 e. The minimum absolute atomic E-state index is 0.133. The fourth-order valence-electron chi connectivity index (χ4n) is 2.24. The first-order valence-corrected chi connectivity index (χ1v) is 7.44. The van der Waals surface area contributed by atoms with E-state index in [4.69, 9.17) is 0 Å². The van der Waals surface area contributed by atoms with E-state index in [0.717, 1.165) is 19.5 Å². The molecular formula is C18H29N. The van der Waals surface area contributed by atoms with Gasteiger partial charge in [0.15, 0.2) is 0 Å². The first kappa shape index (κ1) is 16.0. The van der Waals surface area contributed by atoms with Gasteiger partial charge in [0.05, 0.1) is 0 Å². The summed E-state index contributed by atoms with van der Waals surface area (Å²) >= 11 is 0. The van der Waals surface area contributed by atoms with Crippen LogP contribution >= 0.6 is 0 Å². The van der Waals surface area contributed by atoms with Crippen LogP contribution in [0.15, 0.2) is 36.9 Å². The van der Waals surface area contributed by atoms with Crippen molar-refractivity contribution in [1.82, 2.24) is 5.32 Å². The highest BCUT2D eigenvalue weighted by Crippen LogP contribution is 2.24. The molecule has 1 unspecified atom stereocenters. The molecule has 106 valence electrons. The van der Waals surface area contributed by atoms with Crippen molar-refractivity contribution in [2.24, 2.45) is 5.41 Å².